The number of nitrogens with one attached hydrogen (secondary N) is 1. The van der Waals surface area contributed by atoms with Crippen molar-refractivity contribution in [3.63, 3.8) is 0 Å². The molecule has 0 fully saturated rings. The lowest BCUT2D eigenvalue weighted by atomic mass is 10.7. The van der Waals surface area contributed by atoms with Crippen LogP contribution < -0.4 is 10.1 Å². The van der Waals surface area contributed by atoms with Gasteiger partial charge < -0.3 is 10.1 Å². The molecule has 0 saturated carbocycles. The van der Waals surface area contributed by atoms with Crippen molar-refractivity contribution in [1.29, 1.82) is 0 Å². The number of hydrogen-bond acceptors (Lipinski definition) is 6. The molecule has 2 aromatic rings. The Labute approximate surface area is 97.9 Å². The SMILES string of the molecule is C#CCOc1nc(NC)nc(-n2ccnc2)n1. The van der Waals surface area contributed by atoms with E-state index < -0.39 is 0 Å². The maximum Gasteiger partial charge on any atom is 0.324 e. The molecule has 0 spiro atoms. The summed E-state index contributed by atoms with van der Waals surface area (Å²) in [5.74, 6) is 3.16. The maximum atomic E-state index is 5.16. The first-order valence-electron chi connectivity index (χ1n) is 4.82. The summed E-state index contributed by atoms with van der Waals surface area (Å²) < 4.78 is 6.81. The van der Waals surface area contributed by atoms with E-state index in [1.54, 1.807) is 30.3 Å². The molecule has 7 heteroatoms. The van der Waals surface area contributed by atoms with E-state index in [2.05, 4.69) is 31.2 Å². The van der Waals surface area contributed by atoms with Gasteiger partial charge in [0.05, 0.1) is 0 Å². The van der Waals surface area contributed by atoms with Crippen molar-refractivity contribution < 1.29 is 4.74 Å². The molecule has 1 N–H and O–H groups in total. The van der Waals surface area contributed by atoms with Gasteiger partial charge in [-0.15, -0.1) is 6.42 Å². The van der Waals surface area contributed by atoms with Gasteiger partial charge in [0.2, 0.25) is 11.9 Å². The minimum Gasteiger partial charge on any atom is -0.450 e. The highest BCUT2D eigenvalue weighted by Crippen LogP contribution is 2.10. The summed E-state index contributed by atoms with van der Waals surface area (Å²) >= 11 is 0. The van der Waals surface area contributed by atoms with Crippen molar-refractivity contribution in [2.45, 2.75) is 0 Å². The molecule has 0 amide bonds. The van der Waals surface area contributed by atoms with Gasteiger partial charge in [0.1, 0.15) is 6.33 Å². The van der Waals surface area contributed by atoms with Crippen LogP contribution in [0.3, 0.4) is 0 Å². The summed E-state index contributed by atoms with van der Waals surface area (Å²) in [6.07, 6.45) is 10.0. The molecular weight excluding hydrogens is 220 g/mol. The first kappa shape index (κ1) is 10.9. The Morgan fingerprint density at radius 3 is 3.00 bits per heavy atom. The first-order valence-corrected chi connectivity index (χ1v) is 4.82. The topological polar surface area (TPSA) is 77.8 Å². The van der Waals surface area contributed by atoms with Crippen molar-refractivity contribution >= 4 is 5.95 Å². The van der Waals surface area contributed by atoms with Crippen LogP contribution in [0.5, 0.6) is 6.01 Å². The fourth-order valence-corrected chi connectivity index (χ4v) is 1.12. The van der Waals surface area contributed by atoms with Gasteiger partial charge in [-0.05, 0) is 0 Å². The van der Waals surface area contributed by atoms with E-state index in [-0.39, 0.29) is 12.6 Å². The van der Waals surface area contributed by atoms with Gasteiger partial charge in [-0.2, -0.15) is 15.0 Å². The van der Waals surface area contributed by atoms with Crippen molar-refractivity contribution in [2.75, 3.05) is 19.0 Å². The Balaban J connectivity index is 2.36. The normalized spacial score (nSPS) is 9.65. The summed E-state index contributed by atoms with van der Waals surface area (Å²) in [5.41, 5.74) is 0. The summed E-state index contributed by atoms with van der Waals surface area (Å²) in [4.78, 5) is 16.2. The molecule has 0 atom stereocenters. The molecular formula is C10H10N6O. The number of ether oxygens (including phenoxy) is 1. The van der Waals surface area contributed by atoms with E-state index >= 15 is 0 Å². The Kier molecular flexibility index (Phi) is 3.16. The van der Waals surface area contributed by atoms with Crippen molar-refractivity contribution in [3.05, 3.63) is 18.7 Å². The smallest absolute Gasteiger partial charge is 0.324 e. The minimum atomic E-state index is 0.108. The van der Waals surface area contributed by atoms with Crippen LogP contribution in [0.15, 0.2) is 18.7 Å². The summed E-state index contributed by atoms with van der Waals surface area (Å²) in [6.45, 7) is 0.108. The lowest BCUT2D eigenvalue weighted by molar-refractivity contribution is 0.338. The van der Waals surface area contributed by atoms with Crippen LogP contribution in [0.4, 0.5) is 5.95 Å². The lowest BCUT2D eigenvalue weighted by Crippen LogP contribution is -2.08. The third-order valence-electron chi connectivity index (χ3n) is 1.85. The summed E-state index contributed by atoms with van der Waals surface area (Å²) in [7, 11) is 1.71. The monoisotopic (exact) mass is 230 g/mol. The summed E-state index contributed by atoms with van der Waals surface area (Å²) in [6, 6.07) is 0.172. The Morgan fingerprint density at radius 1 is 1.47 bits per heavy atom. The van der Waals surface area contributed by atoms with Gasteiger partial charge >= 0.3 is 6.01 Å². The molecule has 0 aliphatic heterocycles. The molecule has 0 aromatic carbocycles. The number of anilines is 1. The predicted molar refractivity (Wildman–Crippen MR) is 60.8 cm³/mol. The van der Waals surface area contributed by atoms with E-state index in [9.17, 15) is 0 Å². The predicted octanol–water partition coefficient (Wildman–Crippen LogP) is 0.111. The van der Waals surface area contributed by atoms with Crippen LogP contribution >= 0.6 is 0 Å². The minimum absolute atomic E-state index is 0.108. The highest BCUT2D eigenvalue weighted by molar-refractivity contribution is 5.29. The number of nitrogens with zero attached hydrogens (tertiary/aromatic N) is 5. The van der Waals surface area contributed by atoms with Crippen LogP contribution in [0.2, 0.25) is 0 Å². The molecule has 0 unspecified atom stereocenters. The average molecular weight is 230 g/mol. The molecule has 0 aliphatic carbocycles. The molecule has 0 radical (unpaired) electrons. The molecule has 7 nitrogen and oxygen atoms in total. The third kappa shape index (κ3) is 2.49. The second kappa shape index (κ2) is 4.94. The Bertz CT molecular complexity index is 530. The molecule has 86 valence electrons. The van der Waals surface area contributed by atoms with Crippen LogP contribution in [0, 0.1) is 12.3 Å². The number of terminal acetylenes is 1. The van der Waals surface area contributed by atoms with E-state index in [0.29, 0.717) is 11.9 Å². The van der Waals surface area contributed by atoms with Gasteiger partial charge in [0, 0.05) is 19.4 Å². The maximum absolute atomic E-state index is 5.16. The van der Waals surface area contributed by atoms with Crippen LogP contribution in [0.1, 0.15) is 0 Å². The Morgan fingerprint density at radius 2 is 2.35 bits per heavy atom. The zero-order chi connectivity index (χ0) is 12.1. The van der Waals surface area contributed by atoms with E-state index in [1.165, 1.54) is 0 Å². The largest absolute Gasteiger partial charge is 0.450 e. The van der Waals surface area contributed by atoms with Crippen molar-refractivity contribution in [1.82, 2.24) is 24.5 Å². The van der Waals surface area contributed by atoms with E-state index in [1.807, 2.05) is 0 Å². The van der Waals surface area contributed by atoms with Crippen molar-refractivity contribution in [3.8, 4) is 24.3 Å². The second-order valence-electron chi connectivity index (χ2n) is 2.95. The number of imidazole rings is 1. The molecule has 0 saturated heterocycles. The average Bonchev–Trinajstić information content (AvgIpc) is 2.89. The number of aromatic nitrogens is 5. The highest BCUT2D eigenvalue weighted by atomic mass is 16.5. The van der Waals surface area contributed by atoms with Crippen molar-refractivity contribution in [2.24, 2.45) is 0 Å². The molecule has 0 bridgehead atoms. The van der Waals surface area contributed by atoms with Gasteiger partial charge in [-0.1, -0.05) is 5.92 Å². The fraction of sp³-hybridized carbons (Fsp3) is 0.200. The molecule has 2 heterocycles. The standard InChI is InChI=1S/C10H10N6O/c1-3-6-17-10-14-8(11-2)13-9(15-10)16-5-4-12-7-16/h1,4-5,7H,6H2,2H3,(H,11,13,14,15). The van der Waals surface area contributed by atoms with Gasteiger partial charge in [0.15, 0.2) is 6.61 Å². The molecule has 2 rings (SSSR count). The fourth-order valence-electron chi connectivity index (χ4n) is 1.12. The van der Waals surface area contributed by atoms with Gasteiger partial charge in [-0.3, -0.25) is 4.57 Å². The Hall–Kier alpha value is -2.62. The lowest BCUT2D eigenvalue weighted by Gasteiger charge is -2.06. The zero-order valence-electron chi connectivity index (χ0n) is 9.16. The quantitative estimate of drug-likeness (QED) is 0.751. The highest BCUT2D eigenvalue weighted by Gasteiger charge is 2.07. The zero-order valence-corrected chi connectivity index (χ0v) is 9.16. The van der Waals surface area contributed by atoms with Crippen LogP contribution in [0.25, 0.3) is 5.95 Å². The number of rotatable bonds is 4. The number of hydrogen-bond donors (Lipinski definition) is 1. The molecule has 17 heavy (non-hydrogen) atoms. The van der Waals surface area contributed by atoms with Gasteiger partial charge in [-0.25, -0.2) is 4.98 Å². The van der Waals surface area contributed by atoms with Gasteiger partial charge in [0.25, 0.3) is 0 Å². The molecule has 0 aliphatic rings. The van der Waals surface area contributed by atoms with Crippen LogP contribution in [-0.4, -0.2) is 38.2 Å². The summed E-state index contributed by atoms with van der Waals surface area (Å²) in [5, 5.41) is 2.82. The van der Waals surface area contributed by atoms with E-state index in [0.717, 1.165) is 0 Å². The third-order valence-corrected chi connectivity index (χ3v) is 1.85. The van der Waals surface area contributed by atoms with Crippen LogP contribution in [-0.2, 0) is 0 Å². The van der Waals surface area contributed by atoms with E-state index in [4.69, 9.17) is 11.2 Å². The first-order chi connectivity index (χ1) is 8.33. The molecule has 2 aromatic heterocycles. The second-order valence-corrected chi connectivity index (χ2v) is 2.95.